The lowest BCUT2D eigenvalue weighted by molar-refractivity contribution is 0.0681. The third-order valence-electron chi connectivity index (χ3n) is 4.81. The zero-order valence-corrected chi connectivity index (χ0v) is 15.3. The molecule has 0 spiro atoms. The van der Waals surface area contributed by atoms with Gasteiger partial charge in [-0.15, -0.1) is 0 Å². The summed E-state index contributed by atoms with van der Waals surface area (Å²) in [6, 6.07) is 24.1. The van der Waals surface area contributed by atoms with Crippen LogP contribution in [0.3, 0.4) is 0 Å². The van der Waals surface area contributed by atoms with E-state index in [-0.39, 0.29) is 0 Å². The number of aromatic carboxylic acids is 1. The Hall–Kier alpha value is -4.06. The molecule has 3 N–H and O–H groups in total. The molecule has 29 heavy (non-hydrogen) atoms. The molecule has 0 fully saturated rings. The van der Waals surface area contributed by atoms with Crippen molar-refractivity contribution >= 4 is 16.7 Å². The fraction of sp³-hybridized carbons (Fsp3) is 0.0435. The zero-order chi connectivity index (χ0) is 20.4. The highest BCUT2D eigenvalue weighted by molar-refractivity contribution is 5.89. The summed E-state index contributed by atoms with van der Waals surface area (Å²) in [7, 11) is 0. The van der Waals surface area contributed by atoms with Gasteiger partial charge < -0.3 is 15.6 Å². The number of nitrogens with one attached hydrogen (secondary N) is 1. The van der Waals surface area contributed by atoms with E-state index in [9.17, 15) is 19.8 Å². The number of carboxylic acids is 1. The number of fused-ring (bicyclic) bond motifs is 1. The monoisotopic (exact) mass is 386 g/mol. The van der Waals surface area contributed by atoms with Crippen LogP contribution in [0.1, 0.15) is 27.7 Å². The summed E-state index contributed by atoms with van der Waals surface area (Å²) in [5.74, 6) is -2.21. The molecule has 1 unspecified atom stereocenters. The standard InChI is InChI=1S/C23H18N2O4/c26-19-13-14-25(21(22(19)27)23(28)29)24-20(16-8-2-1-3-9-16)18-12-6-10-15-7-4-5-11-17(15)18/h1-14,20,24,27H,(H,28,29). The Morgan fingerprint density at radius 3 is 2.34 bits per heavy atom. The van der Waals surface area contributed by atoms with Gasteiger partial charge in [-0.1, -0.05) is 72.8 Å². The molecule has 1 heterocycles. The summed E-state index contributed by atoms with van der Waals surface area (Å²) in [5, 5.41) is 21.6. The van der Waals surface area contributed by atoms with Crippen molar-refractivity contribution in [2.45, 2.75) is 6.04 Å². The van der Waals surface area contributed by atoms with Gasteiger partial charge in [0, 0.05) is 12.3 Å². The average molecular weight is 386 g/mol. The van der Waals surface area contributed by atoms with Gasteiger partial charge in [-0.2, -0.15) is 0 Å². The van der Waals surface area contributed by atoms with Gasteiger partial charge in [0.05, 0.1) is 6.04 Å². The van der Waals surface area contributed by atoms with E-state index >= 15 is 0 Å². The summed E-state index contributed by atoms with van der Waals surface area (Å²) in [4.78, 5) is 23.4. The highest BCUT2D eigenvalue weighted by atomic mass is 16.4. The molecule has 4 rings (SSSR count). The maximum atomic E-state index is 11.7. The molecule has 0 bridgehead atoms. The number of hydrogen-bond donors (Lipinski definition) is 3. The van der Waals surface area contributed by atoms with Crippen LogP contribution < -0.4 is 10.9 Å². The van der Waals surface area contributed by atoms with E-state index in [0.29, 0.717) is 0 Å². The first-order chi connectivity index (χ1) is 14.1. The number of aromatic nitrogens is 1. The van der Waals surface area contributed by atoms with Crippen LogP contribution >= 0.6 is 0 Å². The minimum atomic E-state index is -1.41. The number of carbonyl (C=O) groups is 1. The summed E-state index contributed by atoms with van der Waals surface area (Å²) < 4.78 is 1.18. The highest BCUT2D eigenvalue weighted by Crippen LogP contribution is 2.30. The van der Waals surface area contributed by atoms with Crippen molar-refractivity contribution < 1.29 is 15.0 Å². The highest BCUT2D eigenvalue weighted by Gasteiger charge is 2.22. The second-order valence-corrected chi connectivity index (χ2v) is 6.59. The fourth-order valence-corrected chi connectivity index (χ4v) is 3.45. The Morgan fingerprint density at radius 2 is 1.59 bits per heavy atom. The second-order valence-electron chi connectivity index (χ2n) is 6.59. The van der Waals surface area contributed by atoms with Gasteiger partial charge >= 0.3 is 5.97 Å². The van der Waals surface area contributed by atoms with Crippen molar-refractivity contribution in [2.75, 3.05) is 5.43 Å². The van der Waals surface area contributed by atoms with Crippen LogP contribution in [0.2, 0.25) is 0 Å². The minimum Gasteiger partial charge on any atom is -0.502 e. The first-order valence-electron chi connectivity index (χ1n) is 9.03. The van der Waals surface area contributed by atoms with Crippen molar-refractivity contribution in [3.63, 3.8) is 0 Å². The molecule has 3 aromatic carbocycles. The minimum absolute atomic E-state index is 0.428. The molecule has 0 saturated carbocycles. The summed E-state index contributed by atoms with van der Waals surface area (Å²) >= 11 is 0. The Morgan fingerprint density at radius 1 is 0.897 bits per heavy atom. The van der Waals surface area contributed by atoms with Crippen LogP contribution in [0.4, 0.5) is 0 Å². The molecule has 144 valence electrons. The van der Waals surface area contributed by atoms with E-state index < -0.39 is 28.9 Å². The van der Waals surface area contributed by atoms with Crippen molar-refractivity contribution in [1.29, 1.82) is 0 Å². The van der Waals surface area contributed by atoms with E-state index in [4.69, 9.17) is 0 Å². The molecule has 0 aliphatic rings. The van der Waals surface area contributed by atoms with E-state index in [1.807, 2.05) is 72.8 Å². The molecule has 0 aliphatic heterocycles. The molecule has 6 heteroatoms. The number of aromatic hydroxyl groups is 1. The van der Waals surface area contributed by atoms with Crippen molar-refractivity contribution in [3.05, 3.63) is 112 Å². The lowest BCUT2D eigenvalue weighted by Gasteiger charge is -2.25. The SMILES string of the molecule is O=C(O)c1c(O)c(=O)ccn1NC(c1ccccc1)c1cccc2ccccc12. The Kier molecular flexibility index (Phi) is 4.75. The third kappa shape index (κ3) is 3.43. The molecule has 1 atom stereocenters. The fourth-order valence-electron chi connectivity index (χ4n) is 3.45. The summed E-state index contributed by atoms with van der Waals surface area (Å²) in [6.07, 6.45) is 1.31. The number of benzene rings is 3. The molecule has 6 nitrogen and oxygen atoms in total. The molecular weight excluding hydrogens is 368 g/mol. The number of nitrogens with zero attached hydrogens (tertiary/aromatic N) is 1. The van der Waals surface area contributed by atoms with E-state index in [1.165, 1.54) is 10.9 Å². The third-order valence-corrected chi connectivity index (χ3v) is 4.81. The summed E-state index contributed by atoms with van der Waals surface area (Å²) in [6.45, 7) is 0. The topological polar surface area (TPSA) is 91.6 Å². The largest absolute Gasteiger partial charge is 0.502 e. The van der Waals surface area contributed by atoms with Gasteiger partial charge in [0.15, 0.2) is 11.4 Å². The van der Waals surface area contributed by atoms with Gasteiger partial charge in [-0.3, -0.25) is 9.47 Å². The molecule has 0 amide bonds. The quantitative estimate of drug-likeness (QED) is 0.486. The van der Waals surface area contributed by atoms with Crippen LogP contribution in [0, 0.1) is 0 Å². The van der Waals surface area contributed by atoms with Crippen molar-refractivity contribution in [1.82, 2.24) is 4.68 Å². The van der Waals surface area contributed by atoms with Gasteiger partial charge in [-0.05, 0) is 21.9 Å². The Bertz CT molecular complexity index is 1240. The Labute approximate surface area is 166 Å². The lowest BCUT2D eigenvalue weighted by Crippen LogP contribution is -2.28. The van der Waals surface area contributed by atoms with Crippen LogP contribution in [0.5, 0.6) is 5.75 Å². The predicted molar refractivity (Wildman–Crippen MR) is 111 cm³/mol. The van der Waals surface area contributed by atoms with Crippen LogP contribution in [-0.2, 0) is 0 Å². The van der Waals surface area contributed by atoms with Gasteiger partial charge in [0.2, 0.25) is 5.43 Å². The predicted octanol–water partition coefficient (Wildman–Crippen LogP) is 3.74. The van der Waals surface area contributed by atoms with Gasteiger partial charge in [0.1, 0.15) is 0 Å². The number of hydrogen-bond acceptors (Lipinski definition) is 4. The summed E-state index contributed by atoms with van der Waals surface area (Å²) in [5.41, 5.74) is 3.73. The molecule has 0 radical (unpaired) electrons. The second kappa shape index (κ2) is 7.52. The number of pyridine rings is 1. The molecule has 4 aromatic rings. The first kappa shape index (κ1) is 18.3. The van der Waals surface area contributed by atoms with E-state index in [1.54, 1.807) is 0 Å². The normalized spacial score (nSPS) is 11.9. The van der Waals surface area contributed by atoms with Crippen molar-refractivity contribution in [2.24, 2.45) is 0 Å². The molecule has 0 aliphatic carbocycles. The molecule has 0 saturated heterocycles. The van der Waals surface area contributed by atoms with Crippen LogP contribution in [0.25, 0.3) is 10.8 Å². The van der Waals surface area contributed by atoms with E-state index in [0.717, 1.165) is 28.0 Å². The smallest absolute Gasteiger partial charge is 0.358 e. The molecular formula is C23H18N2O4. The van der Waals surface area contributed by atoms with Gasteiger partial charge in [0.25, 0.3) is 0 Å². The lowest BCUT2D eigenvalue weighted by atomic mass is 9.94. The maximum absolute atomic E-state index is 11.7. The van der Waals surface area contributed by atoms with Crippen LogP contribution in [0.15, 0.2) is 89.9 Å². The average Bonchev–Trinajstić information content (AvgIpc) is 2.74. The van der Waals surface area contributed by atoms with E-state index in [2.05, 4.69) is 5.43 Å². The molecule has 1 aromatic heterocycles. The number of carboxylic acid groups (broad SMARTS) is 1. The zero-order valence-electron chi connectivity index (χ0n) is 15.3. The first-order valence-corrected chi connectivity index (χ1v) is 9.03. The van der Waals surface area contributed by atoms with Crippen molar-refractivity contribution in [3.8, 4) is 5.75 Å². The maximum Gasteiger partial charge on any atom is 0.358 e. The Balaban J connectivity index is 1.91. The van der Waals surface area contributed by atoms with Gasteiger partial charge in [-0.25, -0.2) is 4.79 Å². The number of rotatable bonds is 5. The van der Waals surface area contributed by atoms with Crippen LogP contribution in [-0.4, -0.2) is 20.9 Å².